The summed E-state index contributed by atoms with van der Waals surface area (Å²) in [6.45, 7) is 3.85. The number of fused-ring (bicyclic) bond motifs is 1. The fourth-order valence-electron chi connectivity index (χ4n) is 2.46. The van der Waals surface area contributed by atoms with Crippen LogP contribution in [-0.2, 0) is 4.74 Å². The van der Waals surface area contributed by atoms with Gasteiger partial charge in [0.1, 0.15) is 5.82 Å². The van der Waals surface area contributed by atoms with Gasteiger partial charge in [0.15, 0.2) is 11.5 Å². The van der Waals surface area contributed by atoms with Crippen LogP contribution < -0.4 is 5.73 Å². The van der Waals surface area contributed by atoms with E-state index in [1.165, 1.54) is 19.2 Å². The second-order valence-corrected chi connectivity index (χ2v) is 5.88. The van der Waals surface area contributed by atoms with Gasteiger partial charge in [0.05, 0.1) is 13.2 Å². The number of nitrogens with one attached hydrogen (secondary N) is 1. The Hall–Kier alpha value is -2.67. The molecule has 2 heterocycles. The van der Waals surface area contributed by atoms with Crippen molar-refractivity contribution in [3.05, 3.63) is 41.8 Å². The SMILES string of the molecule is COC(=O)c1nc([C@@H](N)C(C)C)oc1-c1c[nH]c2ccc(F)cc12. The summed E-state index contributed by atoms with van der Waals surface area (Å²) in [6, 6.07) is 3.87. The fraction of sp³-hybridized carbons (Fsp3) is 0.294. The summed E-state index contributed by atoms with van der Waals surface area (Å²) < 4.78 is 24.2. The minimum atomic E-state index is -0.637. The molecular weight excluding hydrogens is 313 g/mol. The predicted molar refractivity (Wildman–Crippen MR) is 86.9 cm³/mol. The first-order chi connectivity index (χ1) is 11.4. The molecule has 0 spiro atoms. The molecule has 24 heavy (non-hydrogen) atoms. The molecule has 0 unspecified atom stereocenters. The number of nitrogens with two attached hydrogens (primary N) is 1. The van der Waals surface area contributed by atoms with E-state index in [1.54, 1.807) is 12.3 Å². The number of rotatable bonds is 4. The molecule has 0 aliphatic rings. The van der Waals surface area contributed by atoms with Crippen LogP contribution in [0.3, 0.4) is 0 Å². The van der Waals surface area contributed by atoms with E-state index in [0.29, 0.717) is 16.5 Å². The highest BCUT2D eigenvalue weighted by Crippen LogP contribution is 2.34. The number of aromatic amines is 1. The topological polar surface area (TPSA) is 94.1 Å². The lowest BCUT2D eigenvalue weighted by atomic mass is 10.1. The zero-order chi connectivity index (χ0) is 17.4. The van der Waals surface area contributed by atoms with E-state index in [2.05, 4.69) is 9.97 Å². The maximum absolute atomic E-state index is 13.6. The van der Waals surface area contributed by atoms with Gasteiger partial charge in [-0.2, -0.15) is 0 Å². The van der Waals surface area contributed by atoms with Gasteiger partial charge in [0.25, 0.3) is 0 Å². The number of oxazole rings is 1. The van der Waals surface area contributed by atoms with Crippen molar-refractivity contribution in [2.24, 2.45) is 11.7 Å². The summed E-state index contributed by atoms with van der Waals surface area (Å²) in [7, 11) is 1.26. The molecule has 0 saturated heterocycles. The number of esters is 1. The molecule has 1 atom stereocenters. The molecule has 7 heteroatoms. The average Bonchev–Trinajstić information content (AvgIpc) is 3.16. The van der Waals surface area contributed by atoms with Gasteiger partial charge in [0.2, 0.25) is 5.89 Å². The number of nitrogens with zero attached hydrogens (tertiary/aromatic N) is 1. The number of hydrogen-bond acceptors (Lipinski definition) is 5. The van der Waals surface area contributed by atoms with E-state index >= 15 is 0 Å². The third-order valence-electron chi connectivity index (χ3n) is 3.91. The quantitative estimate of drug-likeness (QED) is 0.715. The Morgan fingerprint density at radius 3 is 2.83 bits per heavy atom. The van der Waals surface area contributed by atoms with Crippen molar-refractivity contribution in [2.45, 2.75) is 19.9 Å². The smallest absolute Gasteiger partial charge is 0.360 e. The number of ether oxygens (including phenoxy) is 1. The van der Waals surface area contributed by atoms with Crippen LogP contribution in [0.15, 0.2) is 28.8 Å². The van der Waals surface area contributed by atoms with Crippen molar-refractivity contribution in [1.29, 1.82) is 0 Å². The van der Waals surface area contributed by atoms with Gasteiger partial charge in [-0.3, -0.25) is 0 Å². The molecule has 0 radical (unpaired) electrons. The Morgan fingerprint density at radius 2 is 2.17 bits per heavy atom. The highest BCUT2D eigenvalue weighted by Gasteiger charge is 2.27. The Balaban J connectivity index is 2.21. The second kappa shape index (κ2) is 6.09. The molecular formula is C17H18FN3O3. The molecule has 3 N–H and O–H groups in total. The predicted octanol–water partition coefficient (Wildman–Crippen LogP) is 3.40. The van der Waals surface area contributed by atoms with E-state index < -0.39 is 12.0 Å². The van der Waals surface area contributed by atoms with E-state index in [9.17, 15) is 9.18 Å². The maximum atomic E-state index is 13.6. The van der Waals surface area contributed by atoms with Crippen LogP contribution in [0.1, 0.15) is 36.3 Å². The summed E-state index contributed by atoms with van der Waals surface area (Å²) in [4.78, 5) is 19.3. The van der Waals surface area contributed by atoms with Crippen molar-refractivity contribution in [1.82, 2.24) is 9.97 Å². The number of benzene rings is 1. The van der Waals surface area contributed by atoms with E-state index in [-0.39, 0.29) is 29.1 Å². The standard InChI is InChI=1S/C17H18FN3O3/c1-8(2)13(19)16-21-14(17(22)23-3)15(24-16)11-7-20-12-5-4-9(18)6-10(11)12/h4-8,13,20H,19H2,1-3H3/t13-/m0/s1. The molecule has 0 aliphatic carbocycles. The maximum Gasteiger partial charge on any atom is 0.360 e. The molecule has 3 rings (SSSR count). The second-order valence-electron chi connectivity index (χ2n) is 5.88. The minimum Gasteiger partial charge on any atom is -0.464 e. The van der Waals surface area contributed by atoms with Crippen LogP contribution in [0.5, 0.6) is 0 Å². The summed E-state index contributed by atoms with van der Waals surface area (Å²) in [5, 5.41) is 0.584. The zero-order valence-corrected chi connectivity index (χ0v) is 13.6. The van der Waals surface area contributed by atoms with Crippen molar-refractivity contribution in [3.8, 4) is 11.3 Å². The van der Waals surface area contributed by atoms with Gasteiger partial charge in [-0.25, -0.2) is 14.2 Å². The number of carbonyl (C=O) groups is 1. The fourth-order valence-corrected chi connectivity index (χ4v) is 2.46. The molecule has 0 bridgehead atoms. The lowest BCUT2D eigenvalue weighted by molar-refractivity contribution is 0.0595. The highest BCUT2D eigenvalue weighted by molar-refractivity contribution is 6.01. The molecule has 126 valence electrons. The number of methoxy groups -OCH3 is 1. The van der Waals surface area contributed by atoms with Gasteiger partial charge in [-0.05, 0) is 24.1 Å². The molecule has 1 aromatic carbocycles. The summed E-state index contributed by atoms with van der Waals surface area (Å²) >= 11 is 0. The van der Waals surface area contributed by atoms with Gasteiger partial charge in [-0.15, -0.1) is 0 Å². The van der Waals surface area contributed by atoms with E-state index in [4.69, 9.17) is 14.9 Å². The molecule has 0 aliphatic heterocycles. The van der Waals surface area contributed by atoms with Crippen molar-refractivity contribution in [2.75, 3.05) is 7.11 Å². The number of hydrogen-bond donors (Lipinski definition) is 2. The highest BCUT2D eigenvalue weighted by atomic mass is 19.1. The zero-order valence-electron chi connectivity index (χ0n) is 13.6. The first-order valence-corrected chi connectivity index (χ1v) is 7.54. The average molecular weight is 331 g/mol. The van der Waals surface area contributed by atoms with Crippen molar-refractivity contribution < 1.29 is 18.3 Å². The first-order valence-electron chi connectivity index (χ1n) is 7.54. The molecule has 0 saturated carbocycles. The summed E-state index contributed by atoms with van der Waals surface area (Å²) in [5.74, 6) is -0.498. The summed E-state index contributed by atoms with van der Waals surface area (Å²) in [5.41, 5.74) is 7.34. The largest absolute Gasteiger partial charge is 0.464 e. The molecule has 0 fully saturated rings. The number of halogens is 1. The molecule has 2 aromatic heterocycles. The Bertz CT molecular complexity index is 898. The monoisotopic (exact) mass is 331 g/mol. The van der Waals surface area contributed by atoms with Crippen molar-refractivity contribution in [3.63, 3.8) is 0 Å². The van der Waals surface area contributed by atoms with Gasteiger partial charge in [0, 0.05) is 22.7 Å². The first kappa shape index (κ1) is 16.2. The lowest BCUT2D eigenvalue weighted by Gasteiger charge is -2.10. The van der Waals surface area contributed by atoms with Gasteiger partial charge >= 0.3 is 5.97 Å². The van der Waals surface area contributed by atoms with Crippen LogP contribution >= 0.6 is 0 Å². The molecule has 6 nitrogen and oxygen atoms in total. The van der Waals surface area contributed by atoms with Crippen LogP contribution in [0.2, 0.25) is 0 Å². The normalized spacial score (nSPS) is 12.8. The molecule has 0 amide bonds. The van der Waals surface area contributed by atoms with E-state index in [0.717, 1.165) is 0 Å². The number of aromatic nitrogens is 2. The van der Waals surface area contributed by atoms with Crippen molar-refractivity contribution >= 4 is 16.9 Å². The number of H-pyrrole nitrogens is 1. The third kappa shape index (κ3) is 2.67. The van der Waals surface area contributed by atoms with Crippen LogP contribution in [-0.4, -0.2) is 23.0 Å². The Labute approximate surface area is 137 Å². The van der Waals surface area contributed by atoms with Gasteiger partial charge in [-0.1, -0.05) is 13.8 Å². The summed E-state index contributed by atoms with van der Waals surface area (Å²) in [6.07, 6.45) is 1.64. The minimum absolute atomic E-state index is 0.0220. The van der Waals surface area contributed by atoms with Crippen LogP contribution in [0, 0.1) is 11.7 Å². The Kier molecular flexibility index (Phi) is 4.11. The molecule has 3 aromatic rings. The lowest BCUT2D eigenvalue weighted by Crippen LogP contribution is -2.17. The van der Waals surface area contributed by atoms with Gasteiger partial charge < -0.3 is 19.9 Å². The van der Waals surface area contributed by atoms with E-state index in [1.807, 2.05) is 13.8 Å². The van der Waals surface area contributed by atoms with Crippen LogP contribution in [0.4, 0.5) is 4.39 Å². The number of carbonyl (C=O) groups excluding carboxylic acids is 1. The Morgan fingerprint density at radius 1 is 1.42 bits per heavy atom. The van der Waals surface area contributed by atoms with Crippen LogP contribution in [0.25, 0.3) is 22.2 Å². The third-order valence-corrected chi connectivity index (χ3v) is 3.91.